The third kappa shape index (κ3) is 7.02. The van der Waals surface area contributed by atoms with Gasteiger partial charge in [-0.15, -0.1) is 5.48 Å². The van der Waals surface area contributed by atoms with Crippen LogP contribution in [0.5, 0.6) is 0 Å². The Morgan fingerprint density at radius 1 is 0.893 bits per heavy atom. The van der Waals surface area contributed by atoms with E-state index >= 15 is 0 Å². The number of nitrogens with two attached hydrogens (primary N) is 1. The lowest BCUT2D eigenvalue weighted by Gasteiger charge is -2.09. The Hall–Kier alpha value is -2.90. The van der Waals surface area contributed by atoms with E-state index < -0.39 is 6.09 Å². The first-order valence-electron chi connectivity index (χ1n) is 9.49. The van der Waals surface area contributed by atoms with Gasteiger partial charge in [0.25, 0.3) is 5.91 Å². The largest absolute Gasteiger partial charge is 0.426 e. The van der Waals surface area contributed by atoms with E-state index in [0.29, 0.717) is 38.2 Å². The maximum absolute atomic E-state index is 12.2. The molecule has 7 heteroatoms. The molecule has 0 aromatic heterocycles. The molecular formula is C21H28N4O3. The van der Waals surface area contributed by atoms with Crippen LogP contribution in [0.15, 0.2) is 48.5 Å². The second kappa shape index (κ2) is 11.7. The van der Waals surface area contributed by atoms with Gasteiger partial charge in [0, 0.05) is 25.2 Å². The van der Waals surface area contributed by atoms with Crippen LogP contribution in [-0.4, -0.2) is 38.2 Å². The van der Waals surface area contributed by atoms with Crippen molar-refractivity contribution < 1.29 is 14.4 Å². The third-order valence-electron chi connectivity index (χ3n) is 4.17. The molecule has 2 rings (SSSR count). The van der Waals surface area contributed by atoms with Crippen LogP contribution in [0.1, 0.15) is 29.3 Å². The molecule has 0 heterocycles. The number of amides is 2. The van der Waals surface area contributed by atoms with Crippen molar-refractivity contribution >= 4 is 12.0 Å². The summed E-state index contributed by atoms with van der Waals surface area (Å²) in [4.78, 5) is 28.2. The molecule has 0 fully saturated rings. The Labute approximate surface area is 165 Å². The summed E-state index contributed by atoms with van der Waals surface area (Å²) in [6, 6.07) is 15.9. The predicted octanol–water partition coefficient (Wildman–Crippen LogP) is 2.23. The molecule has 28 heavy (non-hydrogen) atoms. The summed E-state index contributed by atoms with van der Waals surface area (Å²) in [7, 11) is 0. The normalized spacial score (nSPS) is 10.4. The summed E-state index contributed by atoms with van der Waals surface area (Å²) >= 11 is 0. The van der Waals surface area contributed by atoms with Crippen LogP contribution in [0.2, 0.25) is 0 Å². The fraction of sp³-hybridized carbons (Fsp3) is 0.333. The van der Waals surface area contributed by atoms with Crippen molar-refractivity contribution in [2.45, 2.75) is 19.8 Å². The lowest BCUT2D eigenvalue weighted by molar-refractivity contribution is 0.0868. The van der Waals surface area contributed by atoms with Gasteiger partial charge in [-0.25, -0.2) is 4.79 Å². The number of hydrogen-bond donors (Lipinski definition) is 4. The molecule has 0 aliphatic rings. The summed E-state index contributed by atoms with van der Waals surface area (Å²) in [6.07, 6.45) is 1.13. The van der Waals surface area contributed by atoms with Gasteiger partial charge in [-0.1, -0.05) is 43.3 Å². The fourth-order valence-corrected chi connectivity index (χ4v) is 2.52. The highest BCUT2D eigenvalue weighted by Crippen LogP contribution is 2.20. The molecule has 0 spiro atoms. The first-order chi connectivity index (χ1) is 13.6. The van der Waals surface area contributed by atoms with Gasteiger partial charge in [0.05, 0.1) is 0 Å². The highest BCUT2D eigenvalue weighted by molar-refractivity contribution is 5.94. The van der Waals surface area contributed by atoms with E-state index in [1.807, 2.05) is 12.1 Å². The summed E-state index contributed by atoms with van der Waals surface area (Å²) in [5.74, 6) is -0.179. The maximum atomic E-state index is 12.2. The molecule has 150 valence electrons. The van der Waals surface area contributed by atoms with E-state index in [4.69, 9.17) is 10.6 Å². The van der Waals surface area contributed by atoms with Crippen LogP contribution in [-0.2, 0) is 11.3 Å². The second-order valence-corrected chi connectivity index (χ2v) is 6.24. The molecule has 0 radical (unpaired) electrons. The van der Waals surface area contributed by atoms with E-state index in [1.54, 1.807) is 12.1 Å². The SMILES string of the molecule is CCc1ccc(-c2ccc(C(=O)NCCNOC(=O)NCCCN)cc2)cc1. The van der Waals surface area contributed by atoms with Crippen LogP contribution >= 0.6 is 0 Å². The molecule has 5 N–H and O–H groups in total. The number of carbonyl (C=O) groups excluding carboxylic acids is 2. The molecular weight excluding hydrogens is 356 g/mol. The third-order valence-corrected chi connectivity index (χ3v) is 4.17. The zero-order valence-corrected chi connectivity index (χ0v) is 16.2. The van der Waals surface area contributed by atoms with Gasteiger partial charge >= 0.3 is 6.09 Å². The van der Waals surface area contributed by atoms with E-state index in [0.717, 1.165) is 17.5 Å². The Bertz CT molecular complexity index is 745. The summed E-state index contributed by atoms with van der Waals surface area (Å²) in [5, 5.41) is 5.31. The minimum absolute atomic E-state index is 0.179. The Morgan fingerprint density at radius 3 is 2.14 bits per heavy atom. The zero-order valence-electron chi connectivity index (χ0n) is 16.2. The van der Waals surface area contributed by atoms with Crippen molar-refractivity contribution in [3.63, 3.8) is 0 Å². The summed E-state index contributed by atoms with van der Waals surface area (Å²) < 4.78 is 0. The quantitative estimate of drug-likeness (QED) is 0.371. The molecule has 2 amide bonds. The molecule has 0 saturated carbocycles. The monoisotopic (exact) mass is 384 g/mol. The van der Waals surface area contributed by atoms with Gasteiger partial charge in [-0.2, -0.15) is 0 Å². The van der Waals surface area contributed by atoms with Crippen LogP contribution in [0.25, 0.3) is 11.1 Å². The first kappa shape index (κ1) is 21.4. The van der Waals surface area contributed by atoms with Crippen molar-refractivity contribution in [3.05, 3.63) is 59.7 Å². The van der Waals surface area contributed by atoms with E-state index in [9.17, 15) is 9.59 Å². The van der Waals surface area contributed by atoms with Gasteiger partial charge in [-0.05, 0) is 48.2 Å². The van der Waals surface area contributed by atoms with Crippen molar-refractivity contribution in [3.8, 4) is 11.1 Å². The standard InChI is InChI=1S/C21H28N4O3/c1-2-16-4-6-17(7-5-16)18-8-10-19(11-9-18)20(26)23-14-15-25-28-21(27)24-13-3-12-22/h4-11,25H,2-3,12-15,22H2,1H3,(H,23,26)(H,24,27). The number of rotatable bonds is 10. The van der Waals surface area contributed by atoms with Crippen LogP contribution in [0.4, 0.5) is 4.79 Å². The Morgan fingerprint density at radius 2 is 1.54 bits per heavy atom. The van der Waals surface area contributed by atoms with Gasteiger partial charge in [-0.3, -0.25) is 4.79 Å². The van der Waals surface area contributed by atoms with E-state index in [1.165, 1.54) is 5.56 Å². The van der Waals surface area contributed by atoms with Gasteiger partial charge in [0.1, 0.15) is 0 Å². The van der Waals surface area contributed by atoms with Crippen LogP contribution < -0.4 is 21.8 Å². The zero-order chi connectivity index (χ0) is 20.2. The lowest BCUT2D eigenvalue weighted by Crippen LogP contribution is -2.36. The Balaban J connectivity index is 1.71. The van der Waals surface area contributed by atoms with Crippen molar-refractivity contribution in [1.29, 1.82) is 0 Å². The number of hydroxylamine groups is 1. The lowest BCUT2D eigenvalue weighted by atomic mass is 10.0. The summed E-state index contributed by atoms with van der Waals surface area (Å²) in [6.45, 7) is 3.73. The van der Waals surface area contributed by atoms with Crippen LogP contribution in [0, 0.1) is 0 Å². The summed E-state index contributed by atoms with van der Waals surface area (Å²) in [5.41, 5.74) is 11.9. The number of carbonyl (C=O) groups is 2. The number of aryl methyl sites for hydroxylation is 1. The van der Waals surface area contributed by atoms with Crippen molar-refractivity contribution in [2.75, 3.05) is 26.2 Å². The minimum atomic E-state index is -0.567. The number of hydrogen-bond acceptors (Lipinski definition) is 5. The average Bonchev–Trinajstić information content (AvgIpc) is 2.73. The van der Waals surface area contributed by atoms with Crippen molar-refractivity contribution in [1.82, 2.24) is 16.1 Å². The van der Waals surface area contributed by atoms with Gasteiger partial charge in [0.15, 0.2) is 0 Å². The second-order valence-electron chi connectivity index (χ2n) is 6.24. The van der Waals surface area contributed by atoms with Gasteiger partial charge in [0.2, 0.25) is 0 Å². The smallest absolute Gasteiger partial charge is 0.354 e. The molecule has 0 bridgehead atoms. The Kier molecular flexibility index (Phi) is 8.97. The molecule has 0 aliphatic carbocycles. The van der Waals surface area contributed by atoms with Crippen LogP contribution in [0.3, 0.4) is 0 Å². The molecule has 0 atom stereocenters. The highest BCUT2D eigenvalue weighted by Gasteiger charge is 2.06. The minimum Gasteiger partial charge on any atom is -0.354 e. The highest BCUT2D eigenvalue weighted by atomic mass is 16.7. The molecule has 7 nitrogen and oxygen atoms in total. The fourth-order valence-electron chi connectivity index (χ4n) is 2.52. The molecule has 0 aliphatic heterocycles. The number of nitrogens with one attached hydrogen (secondary N) is 3. The van der Waals surface area contributed by atoms with E-state index in [2.05, 4.69) is 47.3 Å². The topological polar surface area (TPSA) is 105 Å². The maximum Gasteiger partial charge on any atom is 0.426 e. The molecule has 2 aromatic rings. The van der Waals surface area contributed by atoms with E-state index in [-0.39, 0.29) is 5.91 Å². The molecule has 2 aromatic carbocycles. The van der Waals surface area contributed by atoms with Crippen molar-refractivity contribution in [2.24, 2.45) is 5.73 Å². The number of benzene rings is 2. The first-order valence-corrected chi connectivity index (χ1v) is 9.49. The predicted molar refractivity (Wildman–Crippen MR) is 110 cm³/mol. The average molecular weight is 384 g/mol. The van der Waals surface area contributed by atoms with Gasteiger partial charge < -0.3 is 21.2 Å². The molecule has 0 saturated heterocycles. The molecule has 0 unspecified atom stereocenters.